The van der Waals surface area contributed by atoms with Gasteiger partial charge in [-0.2, -0.15) is 0 Å². The molecule has 2 N–H and O–H groups in total. The number of hydrogen-bond acceptors (Lipinski definition) is 5. The summed E-state index contributed by atoms with van der Waals surface area (Å²) in [5, 5.41) is 18.2. The van der Waals surface area contributed by atoms with Crippen molar-refractivity contribution < 1.29 is 18.3 Å². The van der Waals surface area contributed by atoms with Gasteiger partial charge in [0.2, 0.25) is 5.88 Å². The Labute approximate surface area is 184 Å². The molecule has 0 radical (unpaired) electrons. The Kier molecular flexibility index (Phi) is 5.74. The summed E-state index contributed by atoms with van der Waals surface area (Å²) >= 11 is 0. The number of aromatic amines is 1. The van der Waals surface area contributed by atoms with E-state index in [1.54, 1.807) is 66.7 Å². The molecule has 4 aromatic rings. The Bertz CT molecular complexity index is 1400. The van der Waals surface area contributed by atoms with E-state index < -0.39 is 22.5 Å². The number of carbonyl (C=O) groups excluding carboxylic acids is 1. The minimum absolute atomic E-state index is 0.0611. The zero-order valence-electron chi connectivity index (χ0n) is 17.1. The highest BCUT2D eigenvalue weighted by molar-refractivity contribution is 7.92. The number of aromatic hydroxyl groups is 1. The topological polar surface area (TPSA) is 115 Å². The van der Waals surface area contributed by atoms with Crippen LogP contribution in [0.25, 0.3) is 10.9 Å². The summed E-state index contributed by atoms with van der Waals surface area (Å²) in [6.07, 6.45) is 0. The van der Waals surface area contributed by atoms with Gasteiger partial charge >= 0.3 is 0 Å². The summed E-state index contributed by atoms with van der Waals surface area (Å²) in [4.78, 5) is 15.5. The number of anilines is 1. The van der Waals surface area contributed by atoms with Crippen LogP contribution in [-0.4, -0.2) is 31.0 Å². The molecular formula is C23H20N4O4S. The monoisotopic (exact) mass is 448 g/mol. The van der Waals surface area contributed by atoms with Gasteiger partial charge in [0.05, 0.1) is 16.1 Å². The fourth-order valence-corrected chi connectivity index (χ4v) is 4.64. The fraction of sp³-hybridized carbons (Fsp3) is 0.0870. The Morgan fingerprint density at radius 1 is 0.969 bits per heavy atom. The minimum Gasteiger partial charge on any atom is -0.493 e. The highest BCUT2D eigenvalue weighted by Crippen LogP contribution is 2.35. The molecule has 0 spiro atoms. The van der Waals surface area contributed by atoms with Gasteiger partial charge in [-0.15, -0.1) is 10.2 Å². The van der Waals surface area contributed by atoms with Gasteiger partial charge in [0.1, 0.15) is 6.54 Å². The van der Waals surface area contributed by atoms with Crippen LogP contribution in [0.5, 0.6) is 5.88 Å². The van der Waals surface area contributed by atoms with Crippen molar-refractivity contribution in [1.82, 2.24) is 4.98 Å². The van der Waals surface area contributed by atoms with Crippen molar-refractivity contribution in [2.75, 3.05) is 10.8 Å². The lowest BCUT2D eigenvalue weighted by atomic mass is 10.2. The third kappa shape index (κ3) is 4.23. The number of amides is 1. The lowest BCUT2D eigenvalue weighted by Crippen LogP contribution is -2.35. The van der Waals surface area contributed by atoms with Crippen LogP contribution >= 0.6 is 0 Å². The van der Waals surface area contributed by atoms with Crippen molar-refractivity contribution in [3.05, 3.63) is 84.4 Å². The van der Waals surface area contributed by atoms with E-state index in [1.807, 2.05) is 6.92 Å². The summed E-state index contributed by atoms with van der Waals surface area (Å²) in [5.41, 5.74) is 1.99. The van der Waals surface area contributed by atoms with Gasteiger partial charge < -0.3 is 10.1 Å². The first-order valence-corrected chi connectivity index (χ1v) is 11.2. The van der Waals surface area contributed by atoms with Crippen LogP contribution in [0.15, 0.2) is 94.0 Å². The molecule has 0 unspecified atom stereocenters. The summed E-state index contributed by atoms with van der Waals surface area (Å²) in [6.45, 7) is 1.31. The standard InChI is InChI=1S/C23H20N4O4S/c1-16-11-13-18(14-12-16)32(30,31)27(17-7-3-2-4-8-17)15-21(28)25-26-22-19-9-5-6-10-20(19)24-23(22)29/h2-14,24,29H,15H2,1H3. The maximum absolute atomic E-state index is 13.3. The fourth-order valence-electron chi connectivity index (χ4n) is 3.22. The third-order valence-electron chi connectivity index (χ3n) is 4.85. The number of H-pyrrole nitrogens is 1. The van der Waals surface area contributed by atoms with Gasteiger partial charge in [-0.25, -0.2) is 8.42 Å². The molecule has 0 saturated heterocycles. The molecule has 4 rings (SSSR count). The smallest absolute Gasteiger partial charge is 0.285 e. The summed E-state index contributed by atoms with van der Waals surface area (Å²) < 4.78 is 27.6. The number of nitrogens with one attached hydrogen (secondary N) is 1. The molecule has 1 aromatic heterocycles. The van der Waals surface area contributed by atoms with Gasteiger partial charge in [0.25, 0.3) is 15.9 Å². The Balaban J connectivity index is 1.65. The van der Waals surface area contributed by atoms with E-state index in [4.69, 9.17) is 0 Å². The average Bonchev–Trinajstić information content (AvgIpc) is 3.11. The lowest BCUT2D eigenvalue weighted by Gasteiger charge is -2.23. The molecule has 0 aliphatic heterocycles. The highest BCUT2D eigenvalue weighted by atomic mass is 32.2. The van der Waals surface area contributed by atoms with Crippen molar-refractivity contribution in [2.45, 2.75) is 11.8 Å². The summed E-state index contributed by atoms with van der Waals surface area (Å²) in [5.74, 6) is -1.01. The second-order valence-electron chi connectivity index (χ2n) is 7.12. The predicted octanol–water partition coefficient (Wildman–Crippen LogP) is 4.69. The van der Waals surface area contributed by atoms with Crippen LogP contribution in [0, 0.1) is 6.92 Å². The largest absolute Gasteiger partial charge is 0.493 e. The normalized spacial score (nSPS) is 11.8. The number of fused-ring (bicyclic) bond motifs is 1. The first-order valence-electron chi connectivity index (χ1n) is 9.75. The van der Waals surface area contributed by atoms with E-state index in [9.17, 15) is 18.3 Å². The number of hydrogen-bond donors (Lipinski definition) is 2. The second-order valence-corrected chi connectivity index (χ2v) is 8.98. The van der Waals surface area contributed by atoms with E-state index in [2.05, 4.69) is 15.2 Å². The summed E-state index contributed by atoms with van der Waals surface area (Å²) in [6, 6.07) is 21.7. The maximum Gasteiger partial charge on any atom is 0.285 e. The molecule has 0 atom stereocenters. The van der Waals surface area contributed by atoms with Crippen LogP contribution in [0.2, 0.25) is 0 Å². The van der Waals surface area contributed by atoms with Gasteiger partial charge in [0.15, 0.2) is 5.69 Å². The molecule has 0 bridgehead atoms. The number of azo groups is 1. The van der Waals surface area contributed by atoms with Crippen molar-refractivity contribution in [2.24, 2.45) is 10.2 Å². The van der Waals surface area contributed by atoms with Crippen molar-refractivity contribution in [3.63, 3.8) is 0 Å². The molecule has 0 aliphatic rings. The first-order chi connectivity index (χ1) is 15.4. The molecule has 9 heteroatoms. The van der Waals surface area contributed by atoms with Gasteiger partial charge in [0, 0.05) is 5.39 Å². The molecule has 0 aliphatic carbocycles. The Morgan fingerprint density at radius 2 is 1.62 bits per heavy atom. The Morgan fingerprint density at radius 3 is 2.34 bits per heavy atom. The molecule has 0 fully saturated rings. The number of sulfonamides is 1. The van der Waals surface area contributed by atoms with Gasteiger partial charge in [-0.3, -0.25) is 9.10 Å². The van der Waals surface area contributed by atoms with Crippen LogP contribution in [-0.2, 0) is 14.8 Å². The first kappa shape index (κ1) is 21.3. The third-order valence-corrected chi connectivity index (χ3v) is 6.64. The SMILES string of the molecule is Cc1ccc(S(=O)(=O)N(CC(=O)N=Nc2c(O)[nH]c3ccccc23)c2ccccc2)cc1. The number of rotatable bonds is 6. The molecule has 1 heterocycles. The molecule has 32 heavy (non-hydrogen) atoms. The predicted molar refractivity (Wildman–Crippen MR) is 122 cm³/mol. The van der Waals surface area contributed by atoms with E-state index >= 15 is 0 Å². The lowest BCUT2D eigenvalue weighted by molar-refractivity contribution is -0.116. The number of aryl methyl sites for hydroxylation is 1. The molecule has 3 aromatic carbocycles. The van der Waals surface area contributed by atoms with Crippen LogP contribution < -0.4 is 4.31 Å². The van der Waals surface area contributed by atoms with E-state index in [-0.39, 0.29) is 16.5 Å². The van der Waals surface area contributed by atoms with E-state index in [0.717, 1.165) is 9.87 Å². The summed E-state index contributed by atoms with van der Waals surface area (Å²) in [7, 11) is -4.03. The van der Waals surface area contributed by atoms with Gasteiger partial charge in [-0.05, 0) is 37.3 Å². The van der Waals surface area contributed by atoms with Crippen molar-refractivity contribution >= 4 is 38.2 Å². The number of aromatic nitrogens is 1. The van der Waals surface area contributed by atoms with Crippen LogP contribution in [0.3, 0.4) is 0 Å². The number of carbonyl (C=O) groups is 1. The van der Waals surface area contributed by atoms with Crippen LogP contribution in [0.1, 0.15) is 5.56 Å². The highest BCUT2D eigenvalue weighted by Gasteiger charge is 2.27. The van der Waals surface area contributed by atoms with Crippen molar-refractivity contribution in [1.29, 1.82) is 0 Å². The zero-order valence-corrected chi connectivity index (χ0v) is 18.0. The zero-order chi connectivity index (χ0) is 22.7. The quantitative estimate of drug-likeness (QED) is 0.416. The Hall–Kier alpha value is -3.98. The minimum atomic E-state index is -4.03. The second kappa shape index (κ2) is 8.64. The van der Waals surface area contributed by atoms with Gasteiger partial charge in [-0.1, -0.05) is 54.1 Å². The maximum atomic E-state index is 13.3. The van der Waals surface area contributed by atoms with E-state index in [0.29, 0.717) is 16.6 Å². The molecule has 0 saturated carbocycles. The average molecular weight is 449 g/mol. The molecular weight excluding hydrogens is 428 g/mol. The van der Waals surface area contributed by atoms with E-state index in [1.165, 1.54) is 12.1 Å². The molecule has 1 amide bonds. The van der Waals surface area contributed by atoms with Crippen LogP contribution in [0.4, 0.5) is 11.4 Å². The number of para-hydroxylation sites is 2. The molecule has 8 nitrogen and oxygen atoms in total. The number of nitrogens with zero attached hydrogens (tertiary/aromatic N) is 3. The van der Waals surface area contributed by atoms with Crippen molar-refractivity contribution in [3.8, 4) is 5.88 Å². The number of benzene rings is 3. The molecule has 162 valence electrons.